The van der Waals surface area contributed by atoms with E-state index in [9.17, 15) is 14.9 Å². The van der Waals surface area contributed by atoms with Crippen molar-refractivity contribution in [2.75, 3.05) is 18.1 Å². The van der Waals surface area contributed by atoms with Gasteiger partial charge in [-0.3, -0.25) is 14.5 Å². The largest absolute Gasteiger partial charge is 0.494 e. The van der Waals surface area contributed by atoms with E-state index < -0.39 is 11.2 Å². The highest BCUT2D eigenvalue weighted by Gasteiger charge is 2.40. The summed E-state index contributed by atoms with van der Waals surface area (Å²) in [5, 5.41) is 12.3. The van der Waals surface area contributed by atoms with Crippen molar-refractivity contribution in [2.24, 2.45) is 0 Å². The van der Waals surface area contributed by atoms with Crippen LogP contribution in [0.5, 0.6) is 5.75 Å². The van der Waals surface area contributed by atoms with Gasteiger partial charge in [-0.1, -0.05) is 47.7 Å². The predicted octanol–water partition coefficient (Wildman–Crippen LogP) is 4.12. The molecule has 1 N–H and O–H groups in total. The first kappa shape index (κ1) is 23.2. The fourth-order valence-electron chi connectivity index (χ4n) is 3.27. The summed E-state index contributed by atoms with van der Waals surface area (Å²) in [7, 11) is 0. The maximum atomic E-state index is 13.4. The number of ether oxygens (including phenoxy) is 1. The minimum atomic E-state index is -0.533. The number of carbonyl (C=O) groups excluding carboxylic acids is 2. The zero-order valence-electron chi connectivity index (χ0n) is 18.1. The third-order valence-corrected chi connectivity index (χ3v) is 6.12. The molecule has 1 unspecified atom stereocenters. The molecule has 1 aliphatic heterocycles. The lowest BCUT2D eigenvalue weighted by atomic mass is 10.1. The number of nitrogens with zero attached hydrogens (tertiary/aromatic N) is 2. The van der Waals surface area contributed by atoms with Gasteiger partial charge in [-0.15, -0.1) is 6.58 Å². The van der Waals surface area contributed by atoms with E-state index in [1.807, 2.05) is 44.2 Å². The molecule has 2 aromatic rings. The Hall–Kier alpha value is -3.50. The first-order valence-corrected chi connectivity index (χ1v) is 11.2. The summed E-state index contributed by atoms with van der Waals surface area (Å²) in [6, 6.07) is 17.0. The molecule has 1 aliphatic rings. The van der Waals surface area contributed by atoms with E-state index in [0.717, 1.165) is 11.1 Å². The second-order valence-electron chi connectivity index (χ2n) is 7.19. The van der Waals surface area contributed by atoms with E-state index in [2.05, 4.69) is 11.9 Å². The molecule has 0 aliphatic carbocycles. The summed E-state index contributed by atoms with van der Waals surface area (Å²) in [6.45, 7) is 8.25. The number of amides is 2. The number of carbonyl (C=O) groups is 2. The first-order valence-electron chi connectivity index (χ1n) is 10.3. The summed E-state index contributed by atoms with van der Waals surface area (Å²) < 4.78 is 5.49. The van der Waals surface area contributed by atoms with Gasteiger partial charge in [0.1, 0.15) is 22.4 Å². The molecule has 0 radical (unpaired) electrons. The summed E-state index contributed by atoms with van der Waals surface area (Å²) in [6.07, 6.45) is 2.03. The highest BCUT2D eigenvalue weighted by molar-refractivity contribution is 8.05. The topological polar surface area (TPSA) is 82.4 Å². The molecule has 1 saturated heterocycles. The van der Waals surface area contributed by atoms with E-state index in [0.29, 0.717) is 29.5 Å². The Balaban J connectivity index is 2.00. The van der Waals surface area contributed by atoms with Gasteiger partial charge in [0.15, 0.2) is 0 Å². The summed E-state index contributed by atoms with van der Waals surface area (Å²) in [4.78, 5) is 27.5. The van der Waals surface area contributed by atoms with Gasteiger partial charge in [-0.2, -0.15) is 5.26 Å². The molecule has 2 aromatic carbocycles. The van der Waals surface area contributed by atoms with Crippen molar-refractivity contribution in [3.63, 3.8) is 0 Å². The number of rotatable bonds is 8. The normalized spacial score (nSPS) is 17.0. The van der Waals surface area contributed by atoms with Gasteiger partial charge in [-0.05, 0) is 50.1 Å². The second-order valence-corrected chi connectivity index (χ2v) is 8.38. The van der Waals surface area contributed by atoms with E-state index in [1.54, 1.807) is 24.3 Å². The predicted molar refractivity (Wildman–Crippen MR) is 127 cm³/mol. The van der Waals surface area contributed by atoms with Gasteiger partial charge in [0.2, 0.25) is 5.91 Å². The number of thioether (sulfide) groups is 1. The lowest BCUT2D eigenvalue weighted by Crippen LogP contribution is -2.32. The second kappa shape index (κ2) is 10.7. The summed E-state index contributed by atoms with van der Waals surface area (Å²) in [5.41, 5.74) is 2.65. The first-order chi connectivity index (χ1) is 15.5. The van der Waals surface area contributed by atoms with Crippen LogP contribution in [0, 0.1) is 18.3 Å². The van der Waals surface area contributed by atoms with Gasteiger partial charge in [0.25, 0.3) is 5.91 Å². The molecule has 1 heterocycles. The molecule has 0 bridgehead atoms. The number of hydrogen-bond donors (Lipinski definition) is 1. The van der Waals surface area contributed by atoms with Crippen molar-refractivity contribution in [1.29, 1.82) is 5.26 Å². The molecule has 1 atom stereocenters. The van der Waals surface area contributed by atoms with Crippen molar-refractivity contribution >= 4 is 29.3 Å². The number of nitriles is 1. The van der Waals surface area contributed by atoms with Crippen LogP contribution in [-0.2, 0) is 16.0 Å². The molecule has 0 spiro atoms. The fraction of sp³-hybridized carbons (Fsp3) is 0.240. The molecule has 6 nitrogen and oxygen atoms in total. The van der Waals surface area contributed by atoms with E-state index >= 15 is 0 Å². The van der Waals surface area contributed by atoms with E-state index in [4.69, 9.17) is 4.74 Å². The maximum Gasteiger partial charge on any atom is 0.264 e. The van der Waals surface area contributed by atoms with Crippen LogP contribution < -0.4 is 15.0 Å². The monoisotopic (exact) mass is 447 g/mol. The van der Waals surface area contributed by atoms with E-state index in [1.165, 1.54) is 22.7 Å². The van der Waals surface area contributed by atoms with Crippen LogP contribution >= 0.6 is 11.8 Å². The van der Waals surface area contributed by atoms with Crippen molar-refractivity contribution in [3.05, 3.63) is 82.9 Å². The van der Waals surface area contributed by atoms with Gasteiger partial charge in [0, 0.05) is 12.2 Å². The quantitative estimate of drug-likeness (QED) is 0.374. The lowest BCUT2D eigenvalue weighted by molar-refractivity contribution is -0.117. The van der Waals surface area contributed by atoms with Gasteiger partial charge in [-0.25, -0.2) is 0 Å². The molecular formula is C25H25N3O3S. The van der Waals surface area contributed by atoms with Gasteiger partial charge in [0.05, 0.1) is 11.9 Å². The number of nitrogens with one attached hydrogen (secondary N) is 1. The van der Waals surface area contributed by atoms with Gasteiger partial charge >= 0.3 is 0 Å². The minimum absolute atomic E-state index is 0.0921. The lowest BCUT2D eigenvalue weighted by Gasteiger charge is -2.19. The molecule has 32 heavy (non-hydrogen) atoms. The van der Waals surface area contributed by atoms with Crippen LogP contribution in [-0.4, -0.2) is 30.2 Å². The standard InChI is InChI=1S/C25H25N3O3S/c1-4-14-27-23(29)21(16-26)25-28(19-10-12-20(13-11-19)31-5-2)24(30)22(32-25)15-18-8-6-17(3)7-9-18/h4,6-13,22H,1,5,14-15H2,2-3H3,(H,27,29)/b25-21-. The number of aryl methyl sites for hydroxylation is 1. The Bertz CT molecular complexity index is 1070. The zero-order valence-corrected chi connectivity index (χ0v) is 18.9. The van der Waals surface area contributed by atoms with Crippen LogP contribution in [0.25, 0.3) is 0 Å². The fourth-order valence-corrected chi connectivity index (χ4v) is 4.58. The molecule has 2 amide bonds. The average molecular weight is 448 g/mol. The number of benzene rings is 2. The molecule has 0 saturated carbocycles. The molecule has 164 valence electrons. The third-order valence-electron chi connectivity index (χ3n) is 4.86. The molecule has 1 fully saturated rings. The molecular weight excluding hydrogens is 422 g/mol. The van der Waals surface area contributed by atoms with Crippen molar-refractivity contribution in [3.8, 4) is 11.8 Å². The van der Waals surface area contributed by atoms with Crippen molar-refractivity contribution < 1.29 is 14.3 Å². The van der Waals surface area contributed by atoms with Crippen molar-refractivity contribution in [2.45, 2.75) is 25.5 Å². The van der Waals surface area contributed by atoms with Crippen LogP contribution in [0.1, 0.15) is 18.1 Å². The number of hydrogen-bond acceptors (Lipinski definition) is 5. The SMILES string of the molecule is C=CCNC(=O)/C(C#N)=C1\SC(Cc2ccc(C)cc2)C(=O)N1c1ccc(OCC)cc1. The van der Waals surface area contributed by atoms with Crippen LogP contribution in [0.3, 0.4) is 0 Å². The van der Waals surface area contributed by atoms with Crippen LogP contribution in [0.2, 0.25) is 0 Å². The highest BCUT2D eigenvalue weighted by Crippen LogP contribution is 2.42. The van der Waals surface area contributed by atoms with Crippen LogP contribution in [0.15, 0.2) is 71.8 Å². The summed E-state index contributed by atoms with van der Waals surface area (Å²) in [5.74, 6) is -0.0184. The number of anilines is 1. The highest BCUT2D eigenvalue weighted by atomic mass is 32.2. The minimum Gasteiger partial charge on any atom is -0.494 e. The maximum absolute atomic E-state index is 13.4. The molecule has 7 heteroatoms. The molecule has 3 rings (SSSR count). The van der Waals surface area contributed by atoms with Crippen molar-refractivity contribution in [1.82, 2.24) is 5.32 Å². The average Bonchev–Trinajstić information content (AvgIpc) is 3.10. The third kappa shape index (κ3) is 5.21. The Morgan fingerprint density at radius 1 is 1.25 bits per heavy atom. The Labute approximate surface area is 192 Å². The summed E-state index contributed by atoms with van der Waals surface area (Å²) >= 11 is 1.25. The molecule has 0 aromatic heterocycles. The zero-order chi connectivity index (χ0) is 23.1. The Morgan fingerprint density at radius 3 is 2.53 bits per heavy atom. The van der Waals surface area contributed by atoms with E-state index in [-0.39, 0.29) is 18.0 Å². The van der Waals surface area contributed by atoms with Gasteiger partial charge < -0.3 is 10.1 Å². The smallest absolute Gasteiger partial charge is 0.264 e. The Kier molecular flexibility index (Phi) is 7.74. The Morgan fingerprint density at radius 2 is 1.94 bits per heavy atom. The van der Waals surface area contributed by atoms with Crippen LogP contribution in [0.4, 0.5) is 5.69 Å².